The molecule has 2 aliphatic heterocycles. The minimum atomic E-state index is -0.643. The number of ether oxygens (including phenoxy) is 2. The number of hydrogen-bond donors (Lipinski definition) is 2. The van der Waals surface area contributed by atoms with Gasteiger partial charge in [-0.2, -0.15) is 0 Å². The number of carbonyl (C=O) groups is 2. The highest BCUT2D eigenvalue weighted by Gasteiger charge is 2.71. The highest BCUT2D eigenvalue weighted by molar-refractivity contribution is 5.82. The second-order valence-electron chi connectivity index (χ2n) is 11.2. The third-order valence-electron chi connectivity index (χ3n) is 9.10. The van der Waals surface area contributed by atoms with E-state index in [-0.39, 0.29) is 41.8 Å². The Morgan fingerprint density at radius 1 is 1.19 bits per heavy atom. The smallest absolute Gasteiger partial charge is 0.330 e. The molecule has 2 N–H and O–H groups in total. The van der Waals surface area contributed by atoms with Gasteiger partial charge in [-0.1, -0.05) is 46.1 Å². The van der Waals surface area contributed by atoms with E-state index >= 15 is 0 Å². The molecule has 7 atom stereocenters. The average molecular weight is 448 g/mol. The molecule has 2 saturated heterocycles. The summed E-state index contributed by atoms with van der Waals surface area (Å²) in [5.41, 5.74) is -1.17. The maximum atomic E-state index is 13.0. The number of carbonyl (C=O) groups excluding carboxylic acids is 2. The molecule has 180 valence electrons. The number of rotatable bonds is 6. The average Bonchev–Trinajstić information content (AvgIpc) is 3.28. The van der Waals surface area contributed by atoms with Crippen LogP contribution < -0.4 is 5.32 Å². The van der Waals surface area contributed by atoms with Gasteiger partial charge in [0.15, 0.2) is 0 Å². The van der Waals surface area contributed by atoms with Gasteiger partial charge in [-0.05, 0) is 56.3 Å². The summed E-state index contributed by atoms with van der Waals surface area (Å²) in [6.45, 7) is 8.07. The Hall–Kier alpha value is -1.40. The molecule has 2 saturated carbocycles. The fraction of sp³-hybridized carbons (Fsp3) is 0.846. The number of allylic oxidation sites excluding steroid dienone is 1. The van der Waals surface area contributed by atoms with Crippen molar-refractivity contribution in [2.75, 3.05) is 6.61 Å². The lowest BCUT2D eigenvalue weighted by atomic mass is 9.69. The molecule has 4 fully saturated rings. The Labute approximate surface area is 192 Å². The minimum Gasteiger partial charge on any atom is -0.456 e. The quantitative estimate of drug-likeness (QED) is 0.478. The van der Waals surface area contributed by atoms with E-state index in [2.05, 4.69) is 33.0 Å². The standard InChI is InChI=1S/C26H41NO5/c1-16(2)26-14-20(27-21(29)15-28)25(4,32-26)19-12-10-17(3)23(19)24(26)31-22(30)13-11-18-8-6-5-7-9-18/h11,13,16-20,23-24,28H,5-10,12,14-15H2,1-4H3,(H,27,29)/b13-11+/t17-,19-,20-,23-,24+,25+,26-/m1/s1. The molecule has 6 heteroatoms. The van der Waals surface area contributed by atoms with Gasteiger partial charge in [0.05, 0.1) is 11.6 Å². The second kappa shape index (κ2) is 9.09. The van der Waals surface area contributed by atoms with Crippen molar-refractivity contribution < 1.29 is 24.2 Å². The van der Waals surface area contributed by atoms with Gasteiger partial charge >= 0.3 is 5.97 Å². The molecular formula is C26H41NO5. The molecule has 0 aromatic carbocycles. The van der Waals surface area contributed by atoms with Crippen LogP contribution in [-0.2, 0) is 19.1 Å². The zero-order valence-electron chi connectivity index (χ0n) is 20.1. The third-order valence-corrected chi connectivity index (χ3v) is 9.10. The zero-order valence-corrected chi connectivity index (χ0v) is 20.1. The summed E-state index contributed by atoms with van der Waals surface area (Å²) in [5.74, 6) is 0.783. The third kappa shape index (κ3) is 4.02. The van der Waals surface area contributed by atoms with Crippen LogP contribution in [0.5, 0.6) is 0 Å². The van der Waals surface area contributed by atoms with Gasteiger partial charge in [0.2, 0.25) is 5.91 Å². The highest BCUT2D eigenvalue weighted by atomic mass is 16.6. The largest absolute Gasteiger partial charge is 0.456 e. The van der Waals surface area contributed by atoms with E-state index in [4.69, 9.17) is 9.47 Å². The van der Waals surface area contributed by atoms with Crippen LogP contribution in [0.25, 0.3) is 0 Å². The lowest BCUT2D eigenvalue weighted by molar-refractivity contribution is -0.259. The van der Waals surface area contributed by atoms with Crippen LogP contribution in [0.15, 0.2) is 12.2 Å². The number of esters is 1. The first kappa shape index (κ1) is 23.7. The molecule has 1 amide bonds. The van der Waals surface area contributed by atoms with Crippen molar-refractivity contribution in [3.8, 4) is 0 Å². The number of aliphatic hydroxyl groups is 1. The van der Waals surface area contributed by atoms with Crippen molar-refractivity contribution >= 4 is 11.9 Å². The number of fused-ring (bicyclic) bond motifs is 4. The Bertz CT molecular complexity index is 744. The highest BCUT2D eigenvalue weighted by Crippen LogP contribution is 2.62. The molecule has 0 unspecified atom stereocenters. The van der Waals surface area contributed by atoms with Crippen LogP contribution >= 0.6 is 0 Å². The molecule has 32 heavy (non-hydrogen) atoms. The van der Waals surface area contributed by atoms with Gasteiger partial charge < -0.3 is 19.9 Å². The summed E-state index contributed by atoms with van der Waals surface area (Å²) in [6.07, 6.45) is 12.1. The SMILES string of the molecule is CC(C)[C@@]12C[C@@H](NC(=O)CO)[C@@](C)(O1)[C@@H]1CC[C@@H](C)[C@H]1[C@@H]2OC(=O)/C=C/C1CCCCC1. The Morgan fingerprint density at radius 2 is 1.91 bits per heavy atom. The number of amides is 1. The molecule has 4 rings (SSSR count). The predicted octanol–water partition coefficient (Wildman–Crippen LogP) is 3.76. The van der Waals surface area contributed by atoms with Gasteiger partial charge in [0.1, 0.15) is 18.3 Å². The Balaban J connectivity index is 1.61. The number of hydrogen-bond acceptors (Lipinski definition) is 5. The first-order chi connectivity index (χ1) is 15.2. The monoisotopic (exact) mass is 447 g/mol. The molecule has 6 nitrogen and oxygen atoms in total. The number of nitrogens with one attached hydrogen (secondary N) is 1. The van der Waals surface area contributed by atoms with Gasteiger partial charge in [0.25, 0.3) is 0 Å². The van der Waals surface area contributed by atoms with Crippen LogP contribution in [0.3, 0.4) is 0 Å². The fourth-order valence-corrected chi connectivity index (χ4v) is 7.28. The molecule has 0 radical (unpaired) electrons. The van der Waals surface area contributed by atoms with E-state index < -0.39 is 17.8 Å². The Morgan fingerprint density at radius 3 is 2.56 bits per heavy atom. The zero-order chi connectivity index (χ0) is 23.1. The summed E-state index contributed by atoms with van der Waals surface area (Å²) < 4.78 is 13.1. The molecule has 0 spiro atoms. The molecule has 0 aromatic heterocycles. The van der Waals surface area contributed by atoms with Gasteiger partial charge in [0, 0.05) is 18.4 Å². The maximum absolute atomic E-state index is 13.0. The van der Waals surface area contributed by atoms with Crippen molar-refractivity contribution in [3.63, 3.8) is 0 Å². The maximum Gasteiger partial charge on any atom is 0.330 e. The van der Waals surface area contributed by atoms with Crippen molar-refractivity contribution in [1.29, 1.82) is 0 Å². The topological polar surface area (TPSA) is 84.9 Å². The van der Waals surface area contributed by atoms with E-state index in [1.807, 2.05) is 6.08 Å². The number of aliphatic hydroxyl groups excluding tert-OH is 1. The molecule has 4 aliphatic rings. The van der Waals surface area contributed by atoms with Crippen LogP contribution in [-0.4, -0.2) is 46.9 Å². The van der Waals surface area contributed by atoms with E-state index in [9.17, 15) is 14.7 Å². The summed E-state index contributed by atoms with van der Waals surface area (Å²) in [7, 11) is 0. The van der Waals surface area contributed by atoms with E-state index in [0.29, 0.717) is 18.3 Å². The van der Waals surface area contributed by atoms with Gasteiger partial charge in [-0.3, -0.25) is 4.79 Å². The second-order valence-corrected chi connectivity index (χ2v) is 11.2. The van der Waals surface area contributed by atoms with Crippen molar-refractivity contribution in [2.24, 2.45) is 29.6 Å². The minimum absolute atomic E-state index is 0.117. The summed E-state index contributed by atoms with van der Waals surface area (Å²) >= 11 is 0. The van der Waals surface area contributed by atoms with Crippen LogP contribution in [0.2, 0.25) is 0 Å². The molecule has 2 aliphatic carbocycles. The predicted molar refractivity (Wildman–Crippen MR) is 122 cm³/mol. The normalized spacial score (nSPS) is 41.8. The lowest BCUT2D eigenvalue weighted by Gasteiger charge is -2.53. The van der Waals surface area contributed by atoms with Crippen LogP contribution in [0.4, 0.5) is 0 Å². The van der Waals surface area contributed by atoms with E-state index in [1.165, 1.54) is 19.3 Å². The van der Waals surface area contributed by atoms with Crippen molar-refractivity contribution in [2.45, 2.75) is 102 Å². The summed E-state index contributed by atoms with van der Waals surface area (Å²) in [5, 5.41) is 12.4. The molecular weight excluding hydrogens is 406 g/mol. The summed E-state index contributed by atoms with van der Waals surface area (Å²) in [6, 6.07) is -0.205. The molecule has 2 heterocycles. The van der Waals surface area contributed by atoms with Crippen molar-refractivity contribution in [1.82, 2.24) is 5.32 Å². The van der Waals surface area contributed by atoms with Crippen LogP contribution in [0.1, 0.15) is 79.1 Å². The molecule has 2 bridgehead atoms. The lowest BCUT2D eigenvalue weighted by Crippen LogP contribution is -2.63. The van der Waals surface area contributed by atoms with Crippen LogP contribution in [0, 0.1) is 29.6 Å². The first-order valence-electron chi connectivity index (χ1n) is 12.7. The molecule has 0 aromatic rings. The van der Waals surface area contributed by atoms with E-state index in [0.717, 1.165) is 25.7 Å². The van der Waals surface area contributed by atoms with Gasteiger partial charge in [-0.25, -0.2) is 4.79 Å². The Kier molecular flexibility index (Phi) is 6.75. The van der Waals surface area contributed by atoms with Gasteiger partial charge in [-0.15, -0.1) is 0 Å². The summed E-state index contributed by atoms with van der Waals surface area (Å²) in [4.78, 5) is 25.1. The van der Waals surface area contributed by atoms with E-state index in [1.54, 1.807) is 6.08 Å². The van der Waals surface area contributed by atoms with Crippen molar-refractivity contribution in [3.05, 3.63) is 12.2 Å². The fourth-order valence-electron chi connectivity index (χ4n) is 7.28. The first-order valence-corrected chi connectivity index (χ1v) is 12.7.